The first-order valence-corrected chi connectivity index (χ1v) is 3.99. The normalized spacial score (nSPS) is 11.1. The molecule has 15 heavy (non-hydrogen) atoms. The van der Waals surface area contributed by atoms with Gasteiger partial charge in [0.25, 0.3) is 0 Å². The van der Waals surface area contributed by atoms with Crippen LogP contribution in [0.4, 0.5) is 13.2 Å². The molecule has 0 atom stereocenters. The van der Waals surface area contributed by atoms with Crippen LogP contribution in [0.25, 0.3) is 0 Å². The van der Waals surface area contributed by atoms with Crippen molar-refractivity contribution in [2.24, 2.45) is 0 Å². The van der Waals surface area contributed by atoms with Gasteiger partial charge in [0, 0.05) is 18.2 Å². The van der Waals surface area contributed by atoms with Crippen molar-refractivity contribution in [3.8, 4) is 12.3 Å². The van der Waals surface area contributed by atoms with Crippen LogP contribution in [0.15, 0.2) is 6.20 Å². The van der Waals surface area contributed by atoms with Gasteiger partial charge in [-0.05, 0) is 0 Å². The largest absolute Gasteiger partial charge is 0.435 e. The van der Waals surface area contributed by atoms with Crippen LogP contribution < -0.4 is 0 Å². The van der Waals surface area contributed by atoms with Crippen LogP contribution in [0.1, 0.15) is 11.3 Å². The standard InChI is InChI=1S/C9H7F3N2O/c1-2-4-14-6-7(3-5-15)8(13-14)9(10,11)12/h1,5-6H,3-4H2. The molecule has 1 heterocycles. The number of hydrogen-bond donors (Lipinski definition) is 0. The SMILES string of the molecule is C#CCn1cc(CC=O)c(C(F)(F)F)n1. The van der Waals surface area contributed by atoms with Gasteiger partial charge in [-0.1, -0.05) is 5.92 Å². The van der Waals surface area contributed by atoms with Gasteiger partial charge in [-0.2, -0.15) is 18.3 Å². The van der Waals surface area contributed by atoms with Crippen molar-refractivity contribution in [3.05, 3.63) is 17.5 Å². The minimum absolute atomic E-state index is 0.0536. The third kappa shape index (κ3) is 2.59. The third-order valence-corrected chi connectivity index (χ3v) is 1.66. The van der Waals surface area contributed by atoms with Crippen molar-refractivity contribution in [3.63, 3.8) is 0 Å². The molecule has 3 nitrogen and oxygen atoms in total. The van der Waals surface area contributed by atoms with Gasteiger partial charge < -0.3 is 4.79 Å². The van der Waals surface area contributed by atoms with E-state index in [0.717, 1.165) is 10.9 Å². The number of carbonyl (C=O) groups is 1. The van der Waals surface area contributed by atoms with E-state index >= 15 is 0 Å². The molecule has 0 aromatic carbocycles. The second-order valence-electron chi connectivity index (χ2n) is 2.77. The number of alkyl halides is 3. The Balaban J connectivity index is 3.12. The van der Waals surface area contributed by atoms with E-state index < -0.39 is 11.9 Å². The maximum atomic E-state index is 12.4. The summed E-state index contributed by atoms with van der Waals surface area (Å²) in [6.45, 7) is -0.0536. The van der Waals surface area contributed by atoms with E-state index in [0.29, 0.717) is 6.29 Å². The number of hydrogen-bond acceptors (Lipinski definition) is 2. The van der Waals surface area contributed by atoms with Gasteiger partial charge in [0.15, 0.2) is 5.69 Å². The van der Waals surface area contributed by atoms with Gasteiger partial charge in [0.05, 0.1) is 0 Å². The van der Waals surface area contributed by atoms with Crippen LogP contribution in [0.2, 0.25) is 0 Å². The van der Waals surface area contributed by atoms with E-state index in [1.807, 2.05) is 0 Å². The molecule has 6 heteroatoms. The summed E-state index contributed by atoms with van der Waals surface area (Å²) in [5.41, 5.74) is -1.21. The number of terminal acetylenes is 1. The van der Waals surface area contributed by atoms with E-state index in [1.165, 1.54) is 0 Å². The highest BCUT2D eigenvalue weighted by Crippen LogP contribution is 2.30. The van der Waals surface area contributed by atoms with Gasteiger partial charge in [0.2, 0.25) is 0 Å². The number of aldehydes is 1. The molecular formula is C9H7F3N2O. The molecule has 0 aliphatic heterocycles. The molecule has 1 aromatic heterocycles. The molecule has 0 saturated carbocycles. The van der Waals surface area contributed by atoms with Crippen molar-refractivity contribution in [2.75, 3.05) is 0 Å². The van der Waals surface area contributed by atoms with Crippen LogP contribution in [-0.4, -0.2) is 16.1 Å². The van der Waals surface area contributed by atoms with Crippen LogP contribution in [0.5, 0.6) is 0 Å². The minimum atomic E-state index is -4.56. The molecule has 0 N–H and O–H groups in total. The average molecular weight is 216 g/mol. The Morgan fingerprint density at radius 3 is 2.73 bits per heavy atom. The summed E-state index contributed by atoms with van der Waals surface area (Å²) >= 11 is 0. The van der Waals surface area contributed by atoms with Crippen LogP contribution in [0.3, 0.4) is 0 Å². The topological polar surface area (TPSA) is 34.9 Å². The Kier molecular flexibility index (Phi) is 3.14. The lowest BCUT2D eigenvalue weighted by atomic mass is 10.2. The van der Waals surface area contributed by atoms with Gasteiger partial charge in [-0.25, -0.2) is 0 Å². The first kappa shape index (κ1) is 11.3. The second-order valence-corrected chi connectivity index (χ2v) is 2.77. The van der Waals surface area contributed by atoms with E-state index in [-0.39, 0.29) is 18.5 Å². The van der Waals surface area contributed by atoms with E-state index in [4.69, 9.17) is 6.42 Å². The van der Waals surface area contributed by atoms with Crippen LogP contribution in [0, 0.1) is 12.3 Å². The maximum Gasteiger partial charge on any atom is 0.435 e. The lowest BCUT2D eigenvalue weighted by Crippen LogP contribution is -2.10. The fourth-order valence-electron chi connectivity index (χ4n) is 1.12. The lowest BCUT2D eigenvalue weighted by molar-refractivity contribution is -0.142. The summed E-state index contributed by atoms with van der Waals surface area (Å²) in [5, 5.41) is 3.28. The first-order valence-electron chi connectivity index (χ1n) is 3.99. The summed E-state index contributed by atoms with van der Waals surface area (Å²) in [6, 6.07) is 0. The Hall–Kier alpha value is -1.77. The Morgan fingerprint density at radius 1 is 1.60 bits per heavy atom. The van der Waals surface area contributed by atoms with Gasteiger partial charge in [-0.15, -0.1) is 6.42 Å². The molecule has 0 unspecified atom stereocenters. The molecule has 1 aromatic rings. The van der Waals surface area contributed by atoms with E-state index in [9.17, 15) is 18.0 Å². The third-order valence-electron chi connectivity index (χ3n) is 1.66. The molecule has 0 bridgehead atoms. The second kappa shape index (κ2) is 4.17. The van der Waals surface area contributed by atoms with Gasteiger partial charge in [0.1, 0.15) is 12.8 Å². The quantitative estimate of drug-likeness (QED) is 0.563. The van der Waals surface area contributed by atoms with Gasteiger partial charge in [-0.3, -0.25) is 4.68 Å². The molecule has 80 valence electrons. The molecule has 0 aliphatic carbocycles. The zero-order valence-electron chi connectivity index (χ0n) is 7.58. The summed E-state index contributed by atoms with van der Waals surface area (Å²) in [5.74, 6) is 2.16. The molecule has 0 saturated heterocycles. The highest BCUT2D eigenvalue weighted by Gasteiger charge is 2.36. The zero-order valence-corrected chi connectivity index (χ0v) is 7.58. The number of halogens is 3. The van der Waals surface area contributed by atoms with Crippen molar-refractivity contribution in [1.82, 2.24) is 9.78 Å². The number of rotatable bonds is 3. The summed E-state index contributed by atoms with van der Waals surface area (Å²) in [7, 11) is 0. The Morgan fingerprint density at radius 2 is 2.27 bits per heavy atom. The first-order chi connectivity index (χ1) is 6.99. The van der Waals surface area contributed by atoms with E-state index in [2.05, 4.69) is 11.0 Å². The number of nitrogens with zero attached hydrogens (tertiary/aromatic N) is 2. The molecule has 0 aliphatic rings. The summed E-state index contributed by atoms with van der Waals surface area (Å²) in [4.78, 5) is 10.2. The smallest absolute Gasteiger partial charge is 0.303 e. The highest BCUT2D eigenvalue weighted by atomic mass is 19.4. The summed E-state index contributed by atoms with van der Waals surface area (Å²) in [6.07, 6.45) is 1.60. The van der Waals surface area contributed by atoms with Crippen LogP contribution >= 0.6 is 0 Å². The molecule has 0 spiro atoms. The van der Waals surface area contributed by atoms with Crippen molar-refractivity contribution in [2.45, 2.75) is 19.1 Å². The fourth-order valence-corrected chi connectivity index (χ4v) is 1.12. The molecule has 0 amide bonds. The number of carbonyl (C=O) groups excluding carboxylic acids is 1. The van der Waals surface area contributed by atoms with Gasteiger partial charge >= 0.3 is 6.18 Å². The minimum Gasteiger partial charge on any atom is -0.303 e. The zero-order chi connectivity index (χ0) is 11.5. The maximum absolute atomic E-state index is 12.4. The van der Waals surface area contributed by atoms with Crippen molar-refractivity contribution < 1.29 is 18.0 Å². The van der Waals surface area contributed by atoms with Crippen LogP contribution in [-0.2, 0) is 23.9 Å². The predicted octanol–water partition coefficient (Wildman–Crippen LogP) is 1.28. The van der Waals surface area contributed by atoms with Crippen molar-refractivity contribution >= 4 is 6.29 Å². The molecule has 0 radical (unpaired) electrons. The molecule has 0 fully saturated rings. The Labute approximate surface area is 83.9 Å². The lowest BCUT2D eigenvalue weighted by Gasteiger charge is -2.03. The predicted molar refractivity (Wildman–Crippen MR) is 45.8 cm³/mol. The Bertz CT molecular complexity index is 400. The molecular weight excluding hydrogens is 209 g/mol. The monoisotopic (exact) mass is 216 g/mol. The fraction of sp³-hybridized carbons (Fsp3) is 0.333. The van der Waals surface area contributed by atoms with E-state index in [1.54, 1.807) is 0 Å². The van der Waals surface area contributed by atoms with Crippen molar-refractivity contribution in [1.29, 1.82) is 0 Å². The average Bonchev–Trinajstić information content (AvgIpc) is 2.49. The molecule has 1 rings (SSSR count). The summed E-state index contributed by atoms with van der Waals surface area (Å²) < 4.78 is 38.1. The highest BCUT2D eigenvalue weighted by molar-refractivity contribution is 5.55. The number of aromatic nitrogens is 2.